The topological polar surface area (TPSA) is 433 Å². The molecule has 0 atom stereocenters. The molecule has 2 saturated heterocycles. The summed E-state index contributed by atoms with van der Waals surface area (Å²) in [6.45, 7) is 14.9. The minimum atomic E-state index is -4.52. The van der Waals surface area contributed by atoms with Crippen LogP contribution >= 0.6 is 22.7 Å². The lowest BCUT2D eigenvalue weighted by Gasteiger charge is -2.27. The number of benzene rings is 4. The molecule has 9 rings (SSSR count). The Morgan fingerprint density at radius 3 is 1.24 bits per heavy atom. The molecule has 0 saturated carbocycles. The highest BCUT2D eigenvalue weighted by molar-refractivity contribution is 7.86. The van der Waals surface area contributed by atoms with Gasteiger partial charge in [0.2, 0.25) is 28.1 Å². The molecule has 103 heavy (non-hydrogen) atoms. The fourth-order valence-electron chi connectivity index (χ4n) is 10.7. The zero-order valence-corrected chi connectivity index (χ0v) is 60.7. The third kappa shape index (κ3) is 19.8. The Morgan fingerprint density at radius 1 is 0.553 bits per heavy atom. The number of ketones is 2. The van der Waals surface area contributed by atoms with E-state index in [1.54, 1.807) is 29.2 Å². The predicted molar refractivity (Wildman–Crippen MR) is 392 cm³/mol. The number of nitrogens with one attached hydrogen (secondary N) is 4. The number of Topliss-reactive ketones (excluding diaryl/α,β-unsaturated/α-hetero) is 2. The molecule has 0 spiro atoms. The minimum absolute atomic E-state index is 0.0152. The SMILES string of the molecule is CCN(CC)c1cc(Nc2nc(Nc3cc(N(CC)CC)c(OC)cc3/N=N/c3nc(N4CCOCC4)c(/C=C(\C(C)=O)C(=O)Nc4ccc(S(=O)(=O)O)cc4)s3)nc(N(CCO)CCO)n2)c(/N=N/c2nc(N3CCOCC3)c(C=C(C(C)=O)C(=O)Nc3ccc(S(=O)(=O)O)cc3)s2)cc1OC. The predicted octanol–water partition coefficient (Wildman–Crippen LogP) is 8.99. The van der Waals surface area contributed by atoms with Gasteiger partial charge in [0, 0.05) is 89.0 Å². The van der Waals surface area contributed by atoms with Gasteiger partial charge in [-0.1, -0.05) is 22.7 Å². The molecule has 2 aliphatic heterocycles. The van der Waals surface area contributed by atoms with Gasteiger partial charge in [-0.25, -0.2) is 0 Å². The highest BCUT2D eigenvalue weighted by Crippen LogP contribution is 2.45. The number of morpholine rings is 2. The van der Waals surface area contributed by atoms with E-state index < -0.39 is 53.4 Å². The van der Waals surface area contributed by atoms with Crippen molar-refractivity contribution in [1.82, 2.24) is 24.9 Å². The summed E-state index contributed by atoms with van der Waals surface area (Å²) in [5.74, 6) is -1.28. The van der Waals surface area contributed by atoms with Crippen LogP contribution in [0.1, 0.15) is 51.3 Å². The molecule has 0 radical (unpaired) electrons. The monoisotopic (exact) mass is 1490 g/mol. The normalized spacial score (nSPS) is 13.9. The van der Waals surface area contributed by atoms with Crippen molar-refractivity contribution in [2.24, 2.45) is 20.5 Å². The number of rotatable bonds is 33. The summed E-state index contributed by atoms with van der Waals surface area (Å²) in [4.78, 5) is 87.9. The van der Waals surface area contributed by atoms with E-state index in [4.69, 9.17) is 54.1 Å². The summed E-state index contributed by atoms with van der Waals surface area (Å²) < 4.78 is 89.0. The first kappa shape index (κ1) is 77.1. The number of methoxy groups -OCH3 is 2. The molecule has 2 amide bonds. The average molecular weight is 1500 g/mol. The molecular weight excluding hydrogens is 1420 g/mol. The number of azo groups is 2. The number of carbonyl (C=O) groups is 4. The number of ether oxygens (including phenoxy) is 4. The molecule has 2 aliphatic rings. The van der Waals surface area contributed by atoms with E-state index in [9.17, 15) is 55.3 Å². The highest BCUT2D eigenvalue weighted by Gasteiger charge is 2.28. The van der Waals surface area contributed by atoms with Crippen molar-refractivity contribution in [3.8, 4) is 11.5 Å². The summed E-state index contributed by atoms with van der Waals surface area (Å²) in [5, 5.41) is 51.6. The van der Waals surface area contributed by atoms with Crippen LogP contribution in [0.2, 0.25) is 0 Å². The van der Waals surface area contributed by atoms with Gasteiger partial charge in [-0.05, 0) is 114 Å². The second-order valence-electron chi connectivity index (χ2n) is 22.5. The quantitative estimate of drug-likeness (QED) is 0.00625. The van der Waals surface area contributed by atoms with Crippen LogP contribution in [0.4, 0.5) is 85.2 Å². The molecule has 0 unspecified atom stereocenters. The molecule has 4 aromatic carbocycles. The number of aliphatic hydroxyl groups excluding tert-OH is 2. The smallest absolute Gasteiger partial charge is 0.294 e. The van der Waals surface area contributed by atoms with Gasteiger partial charge >= 0.3 is 0 Å². The van der Waals surface area contributed by atoms with Crippen LogP contribution in [0.3, 0.4) is 0 Å². The highest BCUT2D eigenvalue weighted by atomic mass is 32.2. The maximum absolute atomic E-state index is 13.8. The van der Waals surface area contributed by atoms with E-state index in [1.165, 1.54) is 64.5 Å². The lowest BCUT2D eigenvalue weighted by molar-refractivity contribution is -0.120. The first-order chi connectivity index (χ1) is 49.4. The van der Waals surface area contributed by atoms with Gasteiger partial charge in [-0.3, -0.25) is 28.3 Å². The largest absolute Gasteiger partial charge is 0.494 e. The number of nitrogens with zero attached hydrogens (tertiary/aromatic N) is 14. The first-order valence-electron chi connectivity index (χ1n) is 32.3. The number of thiazole rings is 2. The van der Waals surface area contributed by atoms with Crippen molar-refractivity contribution in [2.45, 2.75) is 51.3 Å². The lowest BCUT2D eigenvalue weighted by atomic mass is 10.1. The number of hydrogen-bond donors (Lipinski definition) is 8. The molecular formula is C65H78N18O16S4. The van der Waals surface area contributed by atoms with Gasteiger partial charge in [0.1, 0.15) is 34.5 Å². The van der Waals surface area contributed by atoms with Gasteiger partial charge in [-0.15, -0.1) is 20.5 Å². The molecule has 3 aromatic heterocycles. The van der Waals surface area contributed by atoms with Crippen molar-refractivity contribution in [2.75, 3.05) is 165 Å². The second-order valence-corrected chi connectivity index (χ2v) is 27.4. The van der Waals surface area contributed by atoms with Crippen LogP contribution in [0.15, 0.2) is 114 Å². The van der Waals surface area contributed by atoms with Gasteiger partial charge in [-0.2, -0.15) is 41.8 Å². The maximum Gasteiger partial charge on any atom is 0.294 e. The maximum atomic E-state index is 13.8. The van der Waals surface area contributed by atoms with Crippen LogP contribution in [-0.4, -0.2) is 204 Å². The van der Waals surface area contributed by atoms with Gasteiger partial charge < -0.3 is 74.9 Å². The molecule has 5 heterocycles. The Bertz CT molecular complexity index is 4290. The Kier molecular flexibility index (Phi) is 26.4. The van der Waals surface area contributed by atoms with Crippen LogP contribution in [0.5, 0.6) is 11.5 Å². The Balaban J connectivity index is 1.13. The van der Waals surface area contributed by atoms with Crippen molar-refractivity contribution in [3.63, 3.8) is 0 Å². The summed E-state index contributed by atoms with van der Waals surface area (Å²) >= 11 is 2.08. The lowest BCUT2D eigenvalue weighted by Crippen LogP contribution is -2.36. The van der Waals surface area contributed by atoms with E-state index in [1.807, 2.05) is 37.5 Å². The molecule has 2 fully saturated rings. The van der Waals surface area contributed by atoms with Crippen LogP contribution < -0.4 is 55.2 Å². The van der Waals surface area contributed by atoms with Crippen LogP contribution in [0, 0.1) is 0 Å². The van der Waals surface area contributed by atoms with E-state index in [-0.39, 0.29) is 88.3 Å². The summed E-state index contributed by atoms with van der Waals surface area (Å²) in [5.41, 5.74) is 2.07. The number of aromatic nitrogens is 5. The summed E-state index contributed by atoms with van der Waals surface area (Å²) in [6.07, 6.45) is 2.79. The minimum Gasteiger partial charge on any atom is -0.494 e. The summed E-state index contributed by atoms with van der Waals surface area (Å²) in [6, 6.07) is 16.4. The van der Waals surface area contributed by atoms with Gasteiger partial charge in [0.05, 0.1) is 107 Å². The molecule has 7 aromatic rings. The van der Waals surface area contributed by atoms with Crippen LogP contribution in [0.25, 0.3) is 12.2 Å². The van der Waals surface area contributed by atoms with Gasteiger partial charge in [0.15, 0.2) is 11.6 Å². The molecule has 34 nitrogen and oxygen atoms in total. The van der Waals surface area contributed by atoms with E-state index in [0.717, 1.165) is 46.9 Å². The number of carbonyl (C=O) groups excluding carboxylic acids is 4. The van der Waals surface area contributed by atoms with Gasteiger partial charge in [0.25, 0.3) is 32.1 Å². The molecule has 548 valence electrons. The van der Waals surface area contributed by atoms with Crippen LogP contribution in [-0.2, 0) is 48.9 Å². The number of amides is 2. The van der Waals surface area contributed by atoms with Crippen molar-refractivity contribution >= 4 is 164 Å². The standard InChI is InChI=1S/C65H78N18O16S4/c1-9-79(10-2)51-35-47(49(37-53(51)96-7)75-77-64-70-57(81-23-29-98-30-24-81)55(100-64)33-45(39(5)86)59(88)66-41-13-17-43(18-14-41)102(90,91)92)68-61-72-62(74-63(73-61)83(21-27-84)22-28-85)69-48-36-52(80(11-3)12-4)54(97-8)38-50(48)76-78-65-71-58(82-25-31-99-32-26-82)56(101-65)34-46(40(6)87)60(89)67-42-15-19-44(20-16-42)103(93,94)95/h13-20,33-38,84-85H,9-12,21-32H2,1-8H3,(H,66,88)(H,67,89)(H,90,91,92)(H,93,94,95)(H2,68,69,72,73,74)/b45-33+,46-34?,77-75+,78-76+. The third-order valence-electron chi connectivity index (χ3n) is 15.9. The molecule has 8 N–H and O–H groups in total. The molecule has 0 bridgehead atoms. The summed E-state index contributed by atoms with van der Waals surface area (Å²) in [7, 11) is -6.01. The van der Waals surface area contributed by atoms with E-state index in [0.29, 0.717) is 134 Å². The first-order valence-corrected chi connectivity index (χ1v) is 36.8. The fourth-order valence-corrected chi connectivity index (χ4v) is 13.3. The molecule has 38 heteroatoms. The van der Waals surface area contributed by atoms with Crippen molar-refractivity contribution < 1.29 is 74.3 Å². The van der Waals surface area contributed by atoms with Crippen molar-refractivity contribution in [1.29, 1.82) is 0 Å². The van der Waals surface area contributed by atoms with E-state index in [2.05, 4.69) is 41.3 Å². The average Bonchev–Trinajstić information content (AvgIpc) is 0.935. The Hall–Kier alpha value is -10.0. The van der Waals surface area contributed by atoms with E-state index >= 15 is 0 Å². The third-order valence-corrected chi connectivity index (χ3v) is 19.4. The Morgan fingerprint density at radius 2 is 0.922 bits per heavy atom. The second kappa shape index (κ2) is 35.2. The Labute approximate surface area is 601 Å². The molecule has 0 aliphatic carbocycles. The zero-order chi connectivity index (χ0) is 74.1. The number of hydrogen-bond acceptors (Lipinski definition) is 32. The van der Waals surface area contributed by atoms with Crippen molar-refractivity contribution in [3.05, 3.63) is 93.7 Å². The number of anilines is 11. The number of aliphatic hydroxyl groups is 2. The zero-order valence-electron chi connectivity index (χ0n) is 57.5. The fraction of sp³-hybridized carbons (Fsp3) is 0.369.